The van der Waals surface area contributed by atoms with Gasteiger partial charge in [0, 0.05) is 11.6 Å². The van der Waals surface area contributed by atoms with Crippen LogP contribution in [0.4, 0.5) is 0 Å². The summed E-state index contributed by atoms with van der Waals surface area (Å²) in [5.41, 5.74) is 2.17. The maximum Gasteiger partial charge on any atom is 0.145 e. The molecule has 0 aliphatic heterocycles. The fourth-order valence-electron chi connectivity index (χ4n) is 2.01. The Balaban J connectivity index is 2.02. The van der Waals surface area contributed by atoms with E-state index in [1.807, 2.05) is 18.3 Å². The molecular formula is C14H15NO. The number of benzene rings is 1. The summed E-state index contributed by atoms with van der Waals surface area (Å²) >= 11 is 0. The largest absolute Gasteiger partial charge is 0.488 e. The van der Waals surface area contributed by atoms with Gasteiger partial charge in [0.25, 0.3) is 0 Å². The van der Waals surface area contributed by atoms with E-state index in [2.05, 4.69) is 24.0 Å². The van der Waals surface area contributed by atoms with E-state index in [9.17, 15) is 0 Å². The van der Waals surface area contributed by atoms with Gasteiger partial charge in [0.15, 0.2) is 0 Å². The summed E-state index contributed by atoms with van der Waals surface area (Å²) in [7, 11) is 0. The van der Waals surface area contributed by atoms with Crippen molar-refractivity contribution in [2.75, 3.05) is 0 Å². The fraction of sp³-hybridized carbons (Fsp3) is 0.357. The van der Waals surface area contributed by atoms with Crippen molar-refractivity contribution >= 4 is 10.9 Å². The molecule has 0 saturated heterocycles. The van der Waals surface area contributed by atoms with Crippen LogP contribution in [0, 0.1) is 6.92 Å². The van der Waals surface area contributed by atoms with Crippen molar-refractivity contribution in [3.8, 4) is 5.75 Å². The highest BCUT2D eigenvalue weighted by atomic mass is 16.5. The van der Waals surface area contributed by atoms with Crippen molar-refractivity contribution < 1.29 is 4.74 Å². The second-order valence-corrected chi connectivity index (χ2v) is 4.51. The fourth-order valence-corrected chi connectivity index (χ4v) is 2.01. The van der Waals surface area contributed by atoms with Crippen LogP contribution >= 0.6 is 0 Å². The third-order valence-corrected chi connectivity index (χ3v) is 3.16. The molecule has 1 aromatic heterocycles. The van der Waals surface area contributed by atoms with Crippen LogP contribution in [-0.2, 0) is 0 Å². The SMILES string of the molecule is Cc1cnc2c(OC3CCC3)cccc2c1. The van der Waals surface area contributed by atoms with E-state index in [0.29, 0.717) is 6.10 Å². The Kier molecular flexibility index (Phi) is 2.28. The van der Waals surface area contributed by atoms with Crippen LogP contribution in [0.3, 0.4) is 0 Å². The second-order valence-electron chi connectivity index (χ2n) is 4.51. The molecule has 0 bridgehead atoms. The standard InChI is InChI=1S/C14H15NO/c1-10-8-11-4-2-7-13(14(11)15-9-10)16-12-5-3-6-12/h2,4,7-9,12H,3,5-6H2,1H3. The van der Waals surface area contributed by atoms with E-state index in [1.54, 1.807) is 0 Å². The van der Waals surface area contributed by atoms with Crippen molar-refractivity contribution in [3.05, 3.63) is 36.0 Å². The molecule has 0 radical (unpaired) electrons. The van der Waals surface area contributed by atoms with E-state index in [0.717, 1.165) is 16.7 Å². The van der Waals surface area contributed by atoms with Gasteiger partial charge < -0.3 is 4.74 Å². The Morgan fingerprint density at radius 1 is 1.31 bits per heavy atom. The number of ether oxygens (including phenoxy) is 1. The lowest BCUT2D eigenvalue weighted by Crippen LogP contribution is -2.24. The number of para-hydroxylation sites is 1. The van der Waals surface area contributed by atoms with Gasteiger partial charge in [-0.15, -0.1) is 0 Å². The molecule has 1 saturated carbocycles. The molecule has 0 unspecified atom stereocenters. The number of pyridine rings is 1. The summed E-state index contributed by atoms with van der Waals surface area (Å²) in [6.07, 6.45) is 5.97. The average Bonchev–Trinajstić information content (AvgIpc) is 2.23. The zero-order chi connectivity index (χ0) is 11.0. The normalized spacial score (nSPS) is 16.1. The van der Waals surface area contributed by atoms with Gasteiger partial charge in [-0.3, -0.25) is 4.98 Å². The molecule has 2 heteroatoms. The van der Waals surface area contributed by atoms with Crippen LogP contribution < -0.4 is 4.74 Å². The predicted octanol–water partition coefficient (Wildman–Crippen LogP) is 3.47. The van der Waals surface area contributed by atoms with Gasteiger partial charge in [0.2, 0.25) is 0 Å². The number of hydrogen-bond acceptors (Lipinski definition) is 2. The van der Waals surface area contributed by atoms with Crippen molar-refractivity contribution in [1.29, 1.82) is 0 Å². The minimum atomic E-state index is 0.411. The average molecular weight is 213 g/mol. The van der Waals surface area contributed by atoms with Crippen molar-refractivity contribution in [2.24, 2.45) is 0 Å². The van der Waals surface area contributed by atoms with Gasteiger partial charge in [-0.25, -0.2) is 0 Å². The number of fused-ring (bicyclic) bond motifs is 1. The van der Waals surface area contributed by atoms with Crippen LogP contribution in [0.5, 0.6) is 5.75 Å². The monoisotopic (exact) mass is 213 g/mol. The quantitative estimate of drug-likeness (QED) is 0.762. The van der Waals surface area contributed by atoms with E-state index >= 15 is 0 Å². The lowest BCUT2D eigenvalue weighted by Gasteiger charge is -2.26. The summed E-state index contributed by atoms with van der Waals surface area (Å²) in [4.78, 5) is 4.47. The van der Waals surface area contributed by atoms with Gasteiger partial charge in [-0.2, -0.15) is 0 Å². The third kappa shape index (κ3) is 1.64. The first kappa shape index (κ1) is 9.64. The highest BCUT2D eigenvalue weighted by Crippen LogP contribution is 2.29. The van der Waals surface area contributed by atoms with Crippen LogP contribution in [0.25, 0.3) is 10.9 Å². The maximum absolute atomic E-state index is 5.94. The Labute approximate surface area is 95.3 Å². The Hall–Kier alpha value is -1.57. The molecule has 16 heavy (non-hydrogen) atoms. The molecular weight excluding hydrogens is 198 g/mol. The summed E-state index contributed by atoms with van der Waals surface area (Å²) in [5, 5.41) is 1.16. The van der Waals surface area contributed by atoms with Gasteiger partial charge in [0.05, 0.1) is 6.10 Å². The van der Waals surface area contributed by atoms with Gasteiger partial charge in [0.1, 0.15) is 11.3 Å². The van der Waals surface area contributed by atoms with E-state index in [4.69, 9.17) is 4.74 Å². The lowest BCUT2D eigenvalue weighted by atomic mass is 9.96. The van der Waals surface area contributed by atoms with Crippen LogP contribution in [-0.4, -0.2) is 11.1 Å². The van der Waals surface area contributed by atoms with Crippen LogP contribution in [0.15, 0.2) is 30.5 Å². The van der Waals surface area contributed by atoms with Crippen molar-refractivity contribution in [3.63, 3.8) is 0 Å². The first-order chi connectivity index (χ1) is 7.83. The first-order valence-electron chi connectivity index (χ1n) is 5.85. The summed E-state index contributed by atoms with van der Waals surface area (Å²) in [6, 6.07) is 8.29. The Morgan fingerprint density at radius 3 is 2.94 bits per heavy atom. The zero-order valence-corrected chi connectivity index (χ0v) is 9.44. The molecule has 0 N–H and O–H groups in total. The Bertz CT molecular complexity index is 517. The van der Waals surface area contributed by atoms with Gasteiger partial charge in [-0.1, -0.05) is 12.1 Å². The smallest absolute Gasteiger partial charge is 0.145 e. The highest BCUT2D eigenvalue weighted by molar-refractivity contribution is 5.84. The molecule has 1 heterocycles. The molecule has 0 atom stereocenters. The molecule has 1 aliphatic carbocycles. The Morgan fingerprint density at radius 2 is 2.19 bits per heavy atom. The van der Waals surface area contributed by atoms with E-state index in [-0.39, 0.29) is 0 Å². The second kappa shape index (κ2) is 3.78. The molecule has 2 nitrogen and oxygen atoms in total. The minimum absolute atomic E-state index is 0.411. The van der Waals surface area contributed by atoms with Crippen LogP contribution in [0.1, 0.15) is 24.8 Å². The first-order valence-corrected chi connectivity index (χ1v) is 5.85. The van der Waals surface area contributed by atoms with Crippen LogP contribution in [0.2, 0.25) is 0 Å². The molecule has 82 valence electrons. The molecule has 3 rings (SSSR count). The summed E-state index contributed by atoms with van der Waals surface area (Å²) in [5.74, 6) is 0.933. The molecule has 2 aromatic rings. The molecule has 1 aromatic carbocycles. The third-order valence-electron chi connectivity index (χ3n) is 3.16. The number of aromatic nitrogens is 1. The molecule has 0 spiro atoms. The van der Waals surface area contributed by atoms with Crippen molar-refractivity contribution in [2.45, 2.75) is 32.3 Å². The lowest BCUT2D eigenvalue weighted by molar-refractivity contribution is 0.122. The van der Waals surface area contributed by atoms with E-state index in [1.165, 1.54) is 24.8 Å². The molecule has 1 aliphatic rings. The van der Waals surface area contributed by atoms with Crippen molar-refractivity contribution in [1.82, 2.24) is 4.98 Å². The van der Waals surface area contributed by atoms with E-state index < -0.39 is 0 Å². The summed E-state index contributed by atoms with van der Waals surface area (Å²) < 4.78 is 5.94. The van der Waals surface area contributed by atoms with Gasteiger partial charge in [-0.05, 0) is 43.9 Å². The zero-order valence-electron chi connectivity index (χ0n) is 9.44. The maximum atomic E-state index is 5.94. The minimum Gasteiger partial charge on any atom is -0.488 e. The molecule has 0 amide bonds. The predicted molar refractivity (Wildman–Crippen MR) is 64.7 cm³/mol. The number of rotatable bonds is 2. The highest BCUT2D eigenvalue weighted by Gasteiger charge is 2.20. The number of aryl methyl sites for hydroxylation is 1. The number of hydrogen-bond donors (Lipinski definition) is 0. The topological polar surface area (TPSA) is 22.1 Å². The van der Waals surface area contributed by atoms with Gasteiger partial charge >= 0.3 is 0 Å². The number of nitrogens with zero attached hydrogens (tertiary/aromatic N) is 1. The molecule has 1 fully saturated rings. The summed E-state index contributed by atoms with van der Waals surface area (Å²) in [6.45, 7) is 2.06.